The monoisotopic (exact) mass is 572 g/mol. The zero-order valence-electron chi connectivity index (χ0n) is 23.7. The molecule has 8 aromatic rings. The second kappa shape index (κ2) is 10.5. The van der Waals surface area contributed by atoms with E-state index in [1.165, 1.54) is 0 Å². The van der Waals surface area contributed by atoms with E-state index >= 15 is 8.78 Å². The van der Waals surface area contributed by atoms with Gasteiger partial charge in [0, 0.05) is 55.1 Å². The molecule has 4 heteroatoms. The van der Waals surface area contributed by atoms with E-state index in [-0.39, 0.29) is 11.6 Å². The first-order valence-corrected chi connectivity index (χ1v) is 14.6. The van der Waals surface area contributed by atoms with Crippen LogP contribution in [0.5, 0.6) is 0 Å². The smallest absolute Gasteiger partial charge is 0.133 e. The standard InChI is InChI=1S/C40H26F2N2/c41-35-25-37(43(27-13-5-1-6-14-27)28-15-7-2-8-16-28)33-23-21-32-36(42)26-38(34-24-22-31(35)39(33)40(32)34)44(29-17-9-3-10-18-29)30-19-11-4-12-20-30/h1-26H. The maximum absolute atomic E-state index is 16.2. The molecule has 0 fully saturated rings. The normalized spacial score (nSPS) is 11.4. The van der Waals surface area contributed by atoms with E-state index in [4.69, 9.17) is 0 Å². The highest BCUT2D eigenvalue weighted by Crippen LogP contribution is 2.48. The molecule has 44 heavy (non-hydrogen) atoms. The molecule has 8 aromatic carbocycles. The van der Waals surface area contributed by atoms with E-state index in [0.717, 1.165) is 33.5 Å². The molecule has 0 bridgehead atoms. The molecule has 0 aromatic heterocycles. The molecule has 210 valence electrons. The van der Waals surface area contributed by atoms with Crippen LogP contribution in [-0.2, 0) is 0 Å². The van der Waals surface area contributed by atoms with Gasteiger partial charge in [0.1, 0.15) is 11.6 Å². The van der Waals surface area contributed by atoms with Crippen molar-refractivity contribution in [2.24, 2.45) is 0 Å². The van der Waals surface area contributed by atoms with Crippen LogP contribution in [0.4, 0.5) is 42.9 Å². The number of hydrogen-bond acceptors (Lipinski definition) is 2. The second-order valence-electron chi connectivity index (χ2n) is 10.8. The Labute approximate surface area is 254 Å². The lowest BCUT2D eigenvalue weighted by Crippen LogP contribution is -2.12. The summed E-state index contributed by atoms with van der Waals surface area (Å²) in [5.41, 5.74) is 4.99. The minimum atomic E-state index is -0.354. The van der Waals surface area contributed by atoms with Crippen LogP contribution in [0.1, 0.15) is 0 Å². The number of halogens is 2. The van der Waals surface area contributed by atoms with Crippen molar-refractivity contribution in [1.82, 2.24) is 0 Å². The molecule has 0 saturated heterocycles. The van der Waals surface area contributed by atoms with Gasteiger partial charge in [-0.3, -0.25) is 0 Å². The number of rotatable bonds is 6. The fourth-order valence-corrected chi connectivity index (χ4v) is 6.40. The average Bonchev–Trinajstić information content (AvgIpc) is 3.08. The molecule has 8 rings (SSSR count). The van der Waals surface area contributed by atoms with Crippen LogP contribution < -0.4 is 9.80 Å². The predicted octanol–water partition coefficient (Wildman–Crippen LogP) is 11.8. The van der Waals surface area contributed by atoms with Gasteiger partial charge in [-0.1, -0.05) is 97.1 Å². The SMILES string of the molecule is Fc1cc(N(c2ccccc2)c2ccccc2)c2ccc3c(F)cc(N(c4ccccc4)c4ccccc4)c4ccc1c2c34. The third-order valence-electron chi connectivity index (χ3n) is 8.29. The number of nitrogens with zero attached hydrogens (tertiary/aromatic N) is 2. The van der Waals surface area contributed by atoms with Gasteiger partial charge in [-0.25, -0.2) is 8.78 Å². The van der Waals surface area contributed by atoms with Crippen molar-refractivity contribution in [3.05, 3.63) is 169 Å². The Morgan fingerprint density at radius 1 is 0.318 bits per heavy atom. The summed E-state index contributed by atoms with van der Waals surface area (Å²) in [6.45, 7) is 0. The first-order valence-electron chi connectivity index (χ1n) is 14.6. The quantitative estimate of drug-likeness (QED) is 0.183. The van der Waals surface area contributed by atoms with Crippen molar-refractivity contribution in [3.63, 3.8) is 0 Å². The highest BCUT2D eigenvalue weighted by molar-refractivity contribution is 6.28. The van der Waals surface area contributed by atoms with Crippen LogP contribution in [0.25, 0.3) is 32.3 Å². The molecule has 0 amide bonds. The zero-order chi connectivity index (χ0) is 29.6. The van der Waals surface area contributed by atoms with Gasteiger partial charge in [0.2, 0.25) is 0 Å². The van der Waals surface area contributed by atoms with Gasteiger partial charge in [-0.05, 0) is 60.7 Å². The van der Waals surface area contributed by atoms with Crippen LogP contribution in [0.15, 0.2) is 158 Å². The number of benzene rings is 8. The maximum atomic E-state index is 16.2. The second-order valence-corrected chi connectivity index (χ2v) is 10.8. The topological polar surface area (TPSA) is 6.48 Å². The first kappa shape index (κ1) is 25.9. The van der Waals surface area contributed by atoms with Crippen LogP contribution >= 0.6 is 0 Å². The van der Waals surface area contributed by atoms with Gasteiger partial charge >= 0.3 is 0 Å². The Kier molecular flexibility index (Phi) is 6.20. The molecule has 0 spiro atoms. The van der Waals surface area contributed by atoms with Gasteiger partial charge in [0.05, 0.1) is 11.4 Å². The number of para-hydroxylation sites is 4. The maximum Gasteiger partial charge on any atom is 0.133 e. The highest BCUT2D eigenvalue weighted by Gasteiger charge is 2.24. The van der Waals surface area contributed by atoms with E-state index in [9.17, 15) is 0 Å². The van der Waals surface area contributed by atoms with Gasteiger partial charge in [0.25, 0.3) is 0 Å². The summed E-state index contributed by atoms with van der Waals surface area (Å²) in [5.74, 6) is -0.708. The fraction of sp³-hybridized carbons (Fsp3) is 0. The van der Waals surface area contributed by atoms with Crippen molar-refractivity contribution < 1.29 is 8.78 Å². The molecule has 0 aliphatic heterocycles. The zero-order valence-corrected chi connectivity index (χ0v) is 23.7. The van der Waals surface area contributed by atoms with Crippen LogP contribution in [0.2, 0.25) is 0 Å². The van der Waals surface area contributed by atoms with E-state index in [0.29, 0.717) is 32.9 Å². The van der Waals surface area contributed by atoms with Crippen molar-refractivity contribution in [3.8, 4) is 0 Å². The van der Waals surface area contributed by atoms with Crippen molar-refractivity contribution >= 4 is 66.4 Å². The lowest BCUT2D eigenvalue weighted by molar-refractivity contribution is 0.639. The predicted molar refractivity (Wildman–Crippen MR) is 179 cm³/mol. The van der Waals surface area contributed by atoms with Crippen molar-refractivity contribution in [1.29, 1.82) is 0 Å². The summed E-state index contributed by atoms with van der Waals surface area (Å²) < 4.78 is 32.5. The van der Waals surface area contributed by atoms with E-state index < -0.39 is 0 Å². The van der Waals surface area contributed by atoms with Crippen LogP contribution in [-0.4, -0.2) is 0 Å². The fourth-order valence-electron chi connectivity index (χ4n) is 6.40. The summed E-state index contributed by atoms with van der Waals surface area (Å²) in [7, 11) is 0. The molecular formula is C40H26F2N2. The molecule has 0 unspecified atom stereocenters. The Balaban J connectivity index is 1.47. The highest BCUT2D eigenvalue weighted by atomic mass is 19.1. The summed E-state index contributed by atoms with van der Waals surface area (Å²) >= 11 is 0. The molecule has 0 N–H and O–H groups in total. The molecule has 0 saturated carbocycles. The van der Waals surface area contributed by atoms with Gasteiger partial charge in [0.15, 0.2) is 0 Å². The largest absolute Gasteiger partial charge is 0.310 e. The molecule has 0 aliphatic carbocycles. The van der Waals surface area contributed by atoms with Gasteiger partial charge in [-0.15, -0.1) is 0 Å². The van der Waals surface area contributed by atoms with E-state index in [1.807, 2.05) is 146 Å². The number of anilines is 6. The molecular weight excluding hydrogens is 546 g/mol. The average molecular weight is 573 g/mol. The molecule has 2 nitrogen and oxygen atoms in total. The Hall–Kier alpha value is -5.74. The number of hydrogen-bond donors (Lipinski definition) is 0. The summed E-state index contributed by atoms with van der Waals surface area (Å²) in [5, 5.41) is 4.02. The Bertz CT molecular complexity index is 1990. The molecule has 0 radical (unpaired) electrons. The lowest BCUT2D eigenvalue weighted by Gasteiger charge is -2.29. The molecule has 0 atom stereocenters. The third-order valence-corrected chi connectivity index (χ3v) is 8.29. The summed E-state index contributed by atoms with van der Waals surface area (Å²) in [6.07, 6.45) is 0. The summed E-state index contributed by atoms with van der Waals surface area (Å²) in [4.78, 5) is 4.12. The molecule has 0 aliphatic rings. The third kappa shape index (κ3) is 4.15. The minimum Gasteiger partial charge on any atom is -0.310 e. The van der Waals surface area contributed by atoms with Gasteiger partial charge in [-0.2, -0.15) is 0 Å². The van der Waals surface area contributed by atoms with Crippen LogP contribution in [0, 0.1) is 11.6 Å². The lowest BCUT2D eigenvalue weighted by atomic mass is 9.91. The Morgan fingerprint density at radius 3 is 0.886 bits per heavy atom. The first-order chi connectivity index (χ1) is 21.7. The van der Waals surface area contributed by atoms with Crippen molar-refractivity contribution in [2.75, 3.05) is 9.80 Å². The van der Waals surface area contributed by atoms with Crippen LogP contribution in [0.3, 0.4) is 0 Å². The van der Waals surface area contributed by atoms with Gasteiger partial charge < -0.3 is 9.80 Å². The van der Waals surface area contributed by atoms with Crippen molar-refractivity contribution in [2.45, 2.75) is 0 Å². The minimum absolute atomic E-state index is 0.354. The summed E-state index contributed by atoms with van der Waals surface area (Å²) in [6, 6.07) is 50.4. The van der Waals surface area contributed by atoms with E-state index in [1.54, 1.807) is 12.1 Å². The molecule has 0 heterocycles. The Morgan fingerprint density at radius 2 is 0.591 bits per heavy atom. The van der Waals surface area contributed by atoms with E-state index in [2.05, 4.69) is 9.80 Å².